The Labute approximate surface area is 164 Å². The predicted molar refractivity (Wildman–Crippen MR) is 105 cm³/mol. The number of hydrogen-bond donors (Lipinski definition) is 0. The number of nitrogens with zero attached hydrogens (tertiary/aromatic N) is 3. The van der Waals surface area contributed by atoms with Crippen molar-refractivity contribution in [3.05, 3.63) is 67.7 Å². The van der Waals surface area contributed by atoms with Gasteiger partial charge < -0.3 is 0 Å². The van der Waals surface area contributed by atoms with Crippen LogP contribution in [0.3, 0.4) is 0 Å². The van der Waals surface area contributed by atoms with Gasteiger partial charge in [0.25, 0.3) is 11.6 Å². The Morgan fingerprint density at radius 2 is 2.00 bits per heavy atom. The zero-order chi connectivity index (χ0) is 18.8. The summed E-state index contributed by atoms with van der Waals surface area (Å²) in [6, 6.07) is 9.34. The molecular formula is C17H13Cl2N3O3S. The lowest BCUT2D eigenvalue weighted by molar-refractivity contribution is -0.385. The summed E-state index contributed by atoms with van der Waals surface area (Å²) in [5, 5.41) is 12.3. The topological polar surface area (TPSA) is 75.8 Å². The van der Waals surface area contributed by atoms with E-state index in [1.807, 2.05) is 0 Å². The molecule has 9 heteroatoms. The monoisotopic (exact) mass is 409 g/mol. The first-order valence-electron chi connectivity index (χ1n) is 7.60. The van der Waals surface area contributed by atoms with E-state index in [1.54, 1.807) is 30.0 Å². The van der Waals surface area contributed by atoms with Gasteiger partial charge in [-0.3, -0.25) is 19.8 Å². The number of rotatable bonds is 3. The van der Waals surface area contributed by atoms with E-state index in [9.17, 15) is 14.9 Å². The second-order valence-corrected chi connectivity index (χ2v) is 7.43. The van der Waals surface area contributed by atoms with E-state index in [4.69, 9.17) is 23.2 Å². The lowest BCUT2D eigenvalue weighted by Crippen LogP contribution is -2.31. The molecule has 1 aliphatic rings. The van der Waals surface area contributed by atoms with E-state index >= 15 is 0 Å². The Morgan fingerprint density at radius 1 is 1.23 bits per heavy atom. The molecular weight excluding hydrogens is 397 g/mol. The summed E-state index contributed by atoms with van der Waals surface area (Å²) in [6.07, 6.45) is 0. The van der Waals surface area contributed by atoms with Gasteiger partial charge in [-0.05, 0) is 37.3 Å². The molecule has 2 aromatic rings. The van der Waals surface area contributed by atoms with Crippen molar-refractivity contribution in [2.24, 2.45) is 4.99 Å². The number of amidine groups is 1. The van der Waals surface area contributed by atoms with E-state index in [0.717, 1.165) is 5.75 Å². The Bertz CT molecular complexity index is 933. The van der Waals surface area contributed by atoms with E-state index < -0.39 is 4.92 Å². The van der Waals surface area contributed by atoms with Crippen LogP contribution in [0.15, 0.2) is 41.4 Å². The quantitative estimate of drug-likeness (QED) is 0.522. The molecule has 1 amide bonds. The molecule has 0 radical (unpaired) electrons. The molecule has 3 rings (SSSR count). The fraction of sp³-hybridized carbons (Fsp3) is 0.176. The van der Waals surface area contributed by atoms with Gasteiger partial charge in [-0.1, -0.05) is 35.0 Å². The van der Waals surface area contributed by atoms with Crippen LogP contribution >= 0.6 is 35.0 Å². The first-order chi connectivity index (χ1) is 12.4. The molecule has 1 heterocycles. The minimum absolute atomic E-state index is 0.0120. The van der Waals surface area contributed by atoms with Crippen molar-refractivity contribution in [3.8, 4) is 0 Å². The van der Waals surface area contributed by atoms with Crippen LogP contribution in [0.25, 0.3) is 0 Å². The number of aliphatic imine (C=N–C) groups is 1. The Morgan fingerprint density at radius 3 is 2.65 bits per heavy atom. The summed E-state index contributed by atoms with van der Waals surface area (Å²) in [6.45, 7) is 2.12. The summed E-state index contributed by atoms with van der Waals surface area (Å²) in [5.41, 5.74) is 1.41. The van der Waals surface area contributed by atoms with Crippen LogP contribution in [0.2, 0.25) is 10.0 Å². The average Bonchev–Trinajstić information content (AvgIpc) is 3.05. The number of nitro benzene ring substituents is 1. The van der Waals surface area contributed by atoms with E-state index in [2.05, 4.69) is 4.99 Å². The van der Waals surface area contributed by atoms with Gasteiger partial charge in [-0.2, -0.15) is 0 Å². The van der Waals surface area contributed by atoms with Gasteiger partial charge in [-0.25, -0.2) is 4.99 Å². The number of aryl methyl sites for hydroxylation is 1. The SMILES string of the molecule is Cc1cc(C(=O)N2CCSC2=Nc2ccc(Cl)c(Cl)c2)ccc1[N+](=O)[O-]. The maximum atomic E-state index is 12.8. The number of benzene rings is 2. The van der Waals surface area contributed by atoms with Crippen molar-refractivity contribution in [1.82, 2.24) is 4.90 Å². The molecule has 0 bridgehead atoms. The van der Waals surface area contributed by atoms with Gasteiger partial charge in [0, 0.05) is 29.5 Å². The van der Waals surface area contributed by atoms with Crippen molar-refractivity contribution < 1.29 is 9.72 Å². The summed E-state index contributed by atoms with van der Waals surface area (Å²) in [4.78, 5) is 29.3. The van der Waals surface area contributed by atoms with Gasteiger partial charge in [0.1, 0.15) is 0 Å². The zero-order valence-corrected chi connectivity index (χ0v) is 15.9. The van der Waals surface area contributed by atoms with E-state index in [-0.39, 0.29) is 11.6 Å². The smallest absolute Gasteiger partial charge is 0.272 e. The molecule has 0 aromatic heterocycles. The van der Waals surface area contributed by atoms with Gasteiger partial charge in [-0.15, -0.1) is 0 Å². The number of carbonyl (C=O) groups is 1. The van der Waals surface area contributed by atoms with Crippen LogP contribution in [-0.2, 0) is 0 Å². The molecule has 0 unspecified atom stereocenters. The largest absolute Gasteiger partial charge is 0.286 e. The molecule has 1 saturated heterocycles. The lowest BCUT2D eigenvalue weighted by atomic mass is 10.1. The van der Waals surface area contributed by atoms with Crippen LogP contribution in [0, 0.1) is 17.0 Å². The first-order valence-corrected chi connectivity index (χ1v) is 9.34. The fourth-order valence-electron chi connectivity index (χ4n) is 2.50. The van der Waals surface area contributed by atoms with Crippen molar-refractivity contribution in [2.45, 2.75) is 6.92 Å². The van der Waals surface area contributed by atoms with Gasteiger partial charge >= 0.3 is 0 Å². The summed E-state index contributed by atoms with van der Waals surface area (Å²) in [5.74, 6) is 0.476. The third-order valence-electron chi connectivity index (χ3n) is 3.79. The van der Waals surface area contributed by atoms with Crippen molar-refractivity contribution >= 4 is 57.4 Å². The van der Waals surface area contributed by atoms with Gasteiger partial charge in [0.05, 0.1) is 20.7 Å². The molecule has 2 aromatic carbocycles. The molecule has 0 saturated carbocycles. The second kappa shape index (κ2) is 7.65. The highest BCUT2D eigenvalue weighted by atomic mass is 35.5. The maximum Gasteiger partial charge on any atom is 0.272 e. The van der Waals surface area contributed by atoms with Crippen molar-refractivity contribution in [3.63, 3.8) is 0 Å². The summed E-state index contributed by atoms with van der Waals surface area (Å²) in [7, 11) is 0. The highest BCUT2D eigenvalue weighted by Gasteiger charge is 2.27. The molecule has 1 aliphatic heterocycles. The first kappa shape index (κ1) is 18.7. The molecule has 134 valence electrons. The van der Waals surface area contributed by atoms with Gasteiger partial charge in [0.15, 0.2) is 5.17 Å². The lowest BCUT2D eigenvalue weighted by Gasteiger charge is -2.16. The van der Waals surface area contributed by atoms with Crippen LogP contribution in [-0.4, -0.2) is 33.2 Å². The zero-order valence-electron chi connectivity index (χ0n) is 13.6. The third kappa shape index (κ3) is 3.85. The number of halogens is 2. The molecule has 0 aliphatic carbocycles. The summed E-state index contributed by atoms with van der Waals surface area (Å²) >= 11 is 13.4. The maximum absolute atomic E-state index is 12.8. The molecule has 0 N–H and O–H groups in total. The van der Waals surface area contributed by atoms with Gasteiger partial charge in [0.2, 0.25) is 0 Å². The number of nitro groups is 1. The fourth-order valence-corrected chi connectivity index (χ4v) is 3.75. The van der Waals surface area contributed by atoms with Crippen molar-refractivity contribution in [1.29, 1.82) is 0 Å². The number of amides is 1. The molecule has 1 fully saturated rings. The highest BCUT2D eigenvalue weighted by Crippen LogP contribution is 2.30. The third-order valence-corrected chi connectivity index (χ3v) is 5.49. The summed E-state index contributed by atoms with van der Waals surface area (Å²) < 4.78 is 0. The van der Waals surface area contributed by atoms with Crippen LogP contribution in [0.4, 0.5) is 11.4 Å². The molecule has 0 atom stereocenters. The average molecular weight is 410 g/mol. The standard InChI is InChI=1S/C17H13Cl2N3O3S/c1-10-8-11(2-5-15(10)22(24)25)16(23)21-6-7-26-17(21)20-12-3-4-13(18)14(19)9-12/h2-5,8-9H,6-7H2,1H3. The van der Waals surface area contributed by atoms with Crippen molar-refractivity contribution in [2.75, 3.05) is 12.3 Å². The van der Waals surface area contributed by atoms with Crippen LogP contribution < -0.4 is 0 Å². The highest BCUT2D eigenvalue weighted by molar-refractivity contribution is 8.14. The minimum Gasteiger partial charge on any atom is -0.286 e. The molecule has 0 spiro atoms. The number of carbonyl (C=O) groups excluding carboxylic acids is 1. The number of hydrogen-bond acceptors (Lipinski definition) is 5. The van der Waals surface area contributed by atoms with Crippen LogP contribution in [0.5, 0.6) is 0 Å². The Hall–Kier alpha value is -2.09. The number of thioether (sulfide) groups is 1. The van der Waals surface area contributed by atoms with E-state index in [0.29, 0.717) is 38.6 Å². The van der Waals surface area contributed by atoms with E-state index in [1.165, 1.54) is 30.0 Å². The molecule has 26 heavy (non-hydrogen) atoms. The Kier molecular flexibility index (Phi) is 5.50. The Balaban J connectivity index is 1.88. The van der Waals surface area contributed by atoms with Crippen LogP contribution in [0.1, 0.15) is 15.9 Å². The predicted octanol–water partition coefficient (Wildman–Crippen LogP) is 5.09. The molecule has 6 nitrogen and oxygen atoms in total. The minimum atomic E-state index is -0.466. The second-order valence-electron chi connectivity index (χ2n) is 5.56. The normalized spacial score (nSPS) is 15.5.